The SMILES string of the molecule is Cc1cc(NC(=O)COC(=O)c2ccccc2C)n[nH]1. The second kappa shape index (κ2) is 6.01. The van der Waals surface area contributed by atoms with Crippen molar-refractivity contribution in [3.63, 3.8) is 0 Å². The second-order valence-corrected chi connectivity index (χ2v) is 4.38. The molecule has 0 saturated carbocycles. The van der Waals surface area contributed by atoms with Crippen molar-refractivity contribution >= 4 is 17.7 Å². The van der Waals surface area contributed by atoms with Gasteiger partial charge in [0, 0.05) is 11.8 Å². The van der Waals surface area contributed by atoms with E-state index in [2.05, 4.69) is 15.5 Å². The molecule has 0 saturated heterocycles. The Labute approximate surface area is 116 Å². The maximum absolute atomic E-state index is 11.8. The van der Waals surface area contributed by atoms with Crippen LogP contribution in [0, 0.1) is 13.8 Å². The van der Waals surface area contributed by atoms with Gasteiger partial charge in [-0.2, -0.15) is 5.10 Å². The summed E-state index contributed by atoms with van der Waals surface area (Å²) in [5.74, 6) is -0.547. The molecule has 0 unspecified atom stereocenters. The van der Waals surface area contributed by atoms with E-state index in [-0.39, 0.29) is 6.61 Å². The quantitative estimate of drug-likeness (QED) is 0.832. The first-order chi connectivity index (χ1) is 9.56. The van der Waals surface area contributed by atoms with Gasteiger partial charge in [-0.3, -0.25) is 9.89 Å². The van der Waals surface area contributed by atoms with Gasteiger partial charge in [-0.1, -0.05) is 18.2 Å². The van der Waals surface area contributed by atoms with E-state index >= 15 is 0 Å². The summed E-state index contributed by atoms with van der Waals surface area (Å²) in [6, 6.07) is 8.73. The molecule has 1 heterocycles. The smallest absolute Gasteiger partial charge is 0.338 e. The zero-order valence-electron chi connectivity index (χ0n) is 11.3. The molecule has 6 nitrogen and oxygen atoms in total. The summed E-state index contributed by atoms with van der Waals surface area (Å²) in [5, 5.41) is 9.08. The predicted octanol–water partition coefficient (Wildman–Crippen LogP) is 1.82. The molecule has 0 fully saturated rings. The van der Waals surface area contributed by atoms with E-state index < -0.39 is 11.9 Å². The highest BCUT2D eigenvalue weighted by Gasteiger charge is 2.12. The average molecular weight is 273 g/mol. The summed E-state index contributed by atoms with van der Waals surface area (Å²) >= 11 is 0. The van der Waals surface area contributed by atoms with Crippen molar-refractivity contribution in [1.29, 1.82) is 0 Å². The van der Waals surface area contributed by atoms with Crippen molar-refractivity contribution in [2.45, 2.75) is 13.8 Å². The zero-order valence-corrected chi connectivity index (χ0v) is 11.3. The van der Waals surface area contributed by atoms with Gasteiger partial charge in [0.25, 0.3) is 5.91 Å². The number of carbonyl (C=O) groups is 2. The molecule has 2 aromatic rings. The third kappa shape index (κ3) is 3.44. The minimum Gasteiger partial charge on any atom is -0.452 e. The molecule has 6 heteroatoms. The van der Waals surface area contributed by atoms with Gasteiger partial charge >= 0.3 is 5.97 Å². The number of benzene rings is 1. The first-order valence-corrected chi connectivity index (χ1v) is 6.11. The number of nitrogens with zero attached hydrogens (tertiary/aromatic N) is 1. The van der Waals surface area contributed by atoms with Crippen LogP contribution in [0.4, 0.5) is 5.82 Å². The fourth-order valence-electron chi connectivity index (χ4n) is 1.67. The topological polar surface area (TPSA) is 84.1 Å². The van der Waals surface area contributed by atoms with Gasteiger partial charge in [0.15, 0.2) is 12.4 Å². The molecule has 2 N–H and O–H groups in total. The standard InChI is InChI=1S/C14H15N3O3/c1-9-5-3-4-6-11(9)14(19)20-8-13(18)15-12-7-10(2)16-17-12/h3-7H,8H2,1-2H3,(H2,15,16,17,18). The number of aromatic amines is 1. The normalized spacial score (nSPS) is 10.1. The Morgan fingerprint density at radius 3 is 2.70 bits per heavy atom. The van der Waals surface area contributed by atoms with Crippen molar-refractivity contribution in [1.82, 2.24) is 10.2 Å². The van der Waals surface area contributed by atoms with Crippen LogP contribution in [0.25, 0.3) is 0 Å². The molecule has 1 aromatic carbocycles. The number of aromatic nitrogens is 2. The van der Waals surface area contributed by atoms with Crippen LogP contribution in [0.5, 0.6) is 0 Å². The molecule has 1 aromatic heterocycles. The van der Waals surface area contributed by atoms with Crippen molar-refractivity contribution in [3.05, 3.63) is 47.2 Å². The number of amides is 1. The molecule has 0 bridgehead atoms. The second-order valence-electron chi connectivity index (χ2n) is 4.38. The van der Waals surface area contributed by atoms with Gasteiger partial charge in [-0.15, -0.1) is 0 Å². The molecule has 0 aliphatic rings. The van der Waals surface area contributed by atoms with Gasteiger partial charge < -0.3 is 10.1 Å². The predicted molar refractivity (Wildman–Crippen MR) is 73.4 cm³/mol. The van der Waals surface area contributed by atoms with Crippen LogP contribution in [-0.2, 0) is 9.53 Å². The molecule has 2 rings (SSSR count). The van der Waals surface area contributed by atoms with Crippen LogP contribution in [0.15, 0.2) is 30.3 Å². The summed E-state index contributed by atoms with van der Waals surface area (Å²) in [7, 11) is 0. The molecule has 0 radical (unpaired) electrons. The van der Waals surface area contributed by atoms with Crippen molar-refractivity contribution in [2.75, 3.05) is 11.9 Å². The number of H-pyrrole nitrogens is 1. The Kier molecular flexibility index (Phi) is 4.14. The summed E-state index contributed by atoms with van der Waals surface area (Å²) < 4.78 is 4.96. The van der Waals surface area contributed by atoms with Crippen LogP contribution < -0.4 is 5.32 Å². The highest BCUT2D eigenvalue weighted by Crippen LogP contribution is 2.09. The fourth-order valence-corrected chi connectivity index (χ4v) is 1.67. The lowest BCUT2D eigenvalue weighted by Crippen LogP contribution is -2.21. The number of aryl methyl sites for hydroxylation is 2. The molecular weight excluding hydrogens is 258 g/mol. The maximum Gasteiger partial charge on any atom is 0.338 e. The maximum atomic E-state index is 11.8. The van der Waals surface area contributed by atoms with E-state index in [1.807, 2.05) is 26.0 Å². The number of esters is 1. The number of rotatable bonds is 4. The summed E-state index contributed by atoms with van der Waals surface area (Å²) in [6.45, 7) is 3.28. The third-order valence-electron chi connectivity index (χ3n) is 2.67. The largest absolute Gasteiger partial charge is 0.452 e. The van der Waals surface area contributed by atoms with Crippen LogP contribution in [0.2, 0.25) is 0 Å². The van der Waals surface area contributed by atoms with Crippen LogP contribution in [0.1, 0.15) is 21.6 Å². The third-order valence-corrected chi connectivity index (χ3v) is 2.67. The number of anilines is 1. The number of nitrogens with one attached hydrogen (secondary N) is 2. The minimum atomic E-state index is -0.517. The van der Waals surface area contributed by atoms with Crippen LogP contribution in [-0.4, -0.2) is 28.7 Å². The first-order valence-electron chi connectivity index (χ1n) is 6.11. The first kappa shape index (κ1) is 13.8. The van der Waals surface area contributed by atoms with Gasteiger partial charge in [-0.25, -0.2) is 4.79 Å². The van der Waals surface area contributed by atoms with Gasteiger partial charge in [-0.05, 0) is 25.5 Å². The Bertz CT molecular complexity index is 634. The fraction of sp³-hybridized carbons (Fsp3) is 0.214. The lowest BCUT2D eigenvalue weighted by Gasteiger charge is -2.06. The number of carbonyl (C=O) groups excluding carboxylic acids is 2. The van der Waals surface area contributed by atoms with E-state index in [0.29, 0.717) is 11.4 Å². The Morgan fingerprint density at radius 2 is 2.05 bits per heavy atom. The number of hydrogen-bond donors (Lipinski definition) is 2. The highest BCUT2D eigenvalue weighted by molar-refractivity contribution is 5.95. The zero-order chi connectivity index (χ0) is 14.5. The van der Waals surface area contributed by atoms with E-state index in [4.69, 9.17) is 4.74 Å². The van der Waals surface area contributed by atoms with Gasteiger partial charge in [0.2, 0.25) is 0 Å². The number of hydrogen-bond acceptors (Lipinski definition) is 4. The molecule has 0 aliphatic carbocycles. The van der Waals surface area contributed by atoms with E-state index in [1.165, 1.54) is 0 Å². The minimum absolute atomic E-state index is 0.348. The molecule has 0 aliphatic heterocycles. The molecular formula is C14H15N3O3. The molecule has 20 heavy (non-hydrogen) atoms. The van der Waals surface area contributed by atoms with E-state index in [1.54, 1.807) is 18.2 Å². The number of ether oxygens (including phenoxy) is 1. The van der Waals surface area contributed by atoms with Crippen molar-refractivity contribution in [2.24, 2.45) is 0 Å². The monoisotopic (exact) mass is 273 g/mol. The Balaban J connectivity index is 1.87. The molecule has 1 amide bonds. The highest BCUT2D eigenvalue weighted by atomic mass is 16.5. The summed E-state index contributed by atoms with van der Waals surface area (Å²) in [4.78, 5) is 23.4. The van der Waals surface area contributed by atoms with E-state index in [0.717, 1.165) is 11.3 Å². The summed E-state index contributed by atoms with van der Waals surface area (Å²) in [6.07, 6.45) is 0. The average Bonchev–Trinajstić information content (AvgIpc) is 2.82. The Hall–Kier alpha value is -2.63. The van der Waals surface area contributed by atoms with Crippen molar-refractivity contribution in [3.8, 4) is 0 Å². The van der Waals surface area contributed by atoms with Crippen LogP contribution >= 0.6 is 0 Å². The van der Waals surface area contributed by atoms with Gasteiger partial charge in [0.05, 0.1) is 5.56 Å². The van der Waals surface area contributed by atoms with E-state index in [9.17, 15) is 9.59 Å². The molecule has 104 valence electrons. The van der Waals surface area contributed by atoms with Crippen molar-refractivity contribution < 1.29 is 14.3 Å². The Morgan fingerprint density at radius 1 is 1.30 bits per heavy atom. The molecule has 0 atom stereocenters. The van der Waals surface area contributed by atoms with Gasteiger partial charge in [0.1, 0.15) is 0 Å². The molecule has 0 spiro atoms. The summed E-state index contributed by atoms with van der Waals surface area (Å²) in [5.41, 5.74) is 2.09. The van der Waals surface area contributed by atoms with Crippen LogP contribution in [0.3, 0.4) is 0 Å². The lowest BCUT2D eigenvalue weighted by molar-refractivity contribution is -0.119. The lowest BCUT2D eigenvalue weighted by atomic mass is 10.1.